The van der Waals surface area contributed by atoms with Crippen LogP contribution in [0.4, 0.5) is 17.6 Å². The average molecular weight is 1420 g/mol. The average Bonchev–Trinajstić information content (AvgIpc) is 1.75. The molecule has 10 aromatic rings. The number of sulfone groups is 2. The van der Waals surface area contributed by atoms with Crippen molar-refractivity contribution < 1.29 is 63.4 Å². The number of nitrogens with zero attached hydrogens (tertiary/aromatic N) is 6. The van der Waals surface area contributed by atoms with E-state index in [9.17, 15) is 41.1 Å². The highest BCUT2D eigenvalue weighted by Gasteiger charge is 2.39. The molecule has 0 saturated heterocycles. The summed E-state index contributed by atoms with van der Waals surface area (Å²) in [5.41, 5.74) is 1.63. The Labute approximate surface area is 584 Å². The molecule has 6 aromatic carbocycles. The molecule has 12 rings (SSSR count). The Balaban J connectivity index is 0.000000203. The molecule has 4 aromatic heterocycles. The fraction of sp³-hybridized carbons (Fsp3) is 0.377. The fourth-order valence-electron chi connectivity index (χ4n) is 14.5. The van der Waals surface area contributed by atoms with E-state index in [-0.39, 0.29) is 111 Å². The van der Waals surface area contributed by atoms with Crippen molar-refractivity contribution in [1.82, 2.24) is 39.5 Å². The molecule has 24 heteroatoms. The van der Waals surface area contributed by atoms with Gasteiger partial charge in [-0.1, -0.05) is 89.1 Å². The number of methoxy groups -OCH3 is 1. The van der Waals surface area contributed by atoms with Crippen LogP contribution < -0.4 is 0 Å². The third-order valence-electron chi connectivity index (χ3n) is 19.9. The molecule has 2 aliphatic rings. The molecule has 530 valence electrons. The highest BCUT2D eigenvalue weighted by Crippen LogP contribution is 2.43. The number of rotatable bonds is 8. The number of aryl methyl sites for hydroxylation is 6. The van der Waals surface area contributed by atoms with E-state index in [0.29, 0.717) is 84.8 Å². The van der Waals surface area contributed by atoms with Gasteiger partial charge in [0.25, 0.3) is 0 Å². The van der Waals surface area contributed by atoms with Crippen LogP contribution in [0.25, 0.3) is 44.6 Å². The Bertz CT molecular complexity index is 5130. The summed E-state index contributed by atoms with van der Waals surface area (Å²) >= 11 is 0. The van der Waals surface area contributed by atoms with Crippen molar-refractivity contribution in [2.75, 3.05) is 30.1 Å². The van der Waals surface area contributed by atoms with E-state index in [1.165, 1.54) is 52.9 Å². The molecule has 0 spiro atoms. The van der Waals surface area contributed by atoms with Gasteiger partial charge in [0.05, 0.1) is 63.2 Å². The minimum absolute atomic E-state index is 0.00386. The van der Waals surface area contributed by atoms with Gasteiger partial charge in [-0.05, 0) is 170 Å². The first-order chi connectivity index (χ1) is 47.7. The van der Waals surface area contributed by atoms with Gasteiger partial charge in [0, 0.05) is 72.3 Å². The standard InChI is InChI=1S/C39H42F2N4O5S.C38H40F2N4O5S/c1-38(2)16-7-17-39(3,26-9-6-8-24(20-26)10-13-33(46)50-5)37-43-36(45(4)44-37)29-21-25(11-12-30(29)40)35(47)34-28(15-19-51(48,49)23-38)27-14-18-42-32(27)22-31(34)41;1-37(2)15-6-16-38(3,25-8-5-7-23(19-25)9-12-32(45)46)36-42-35(44(4)43-36)28-20-24(10-11-29(28)39)34(47)33-27(14-18-50(48,49)22-37)26-13-17-41-31(26)21-30(33)40/h6,8-9,11-12,14,18,20-22,42H,7,10,13,15-17,19,23H2,1-5H3;5,7-8,10-11,13,17,19-21,41H,6,9,12,14-16,18,22H2,1-4H3,(H,45,46). The number of aromatic nitrogens is 8. The van der Waals surface area contributed by atoms with Crippen molar-refractivity contribution in [3.63, 3.8) is 0 Å². The van der Waals surface area contributed by atoms with Crippen molar-refractivity contribution in [3.05, 3.63) is 212 Å². The summed E-state index contributed by atoms with van der Waals surface area (Å²) < 4.78 is 125. The number of benzene rings is 6. The number of carboxylic acids is 1. The second kappa shape index (κ2) is 28.5. The summed E-state index contributed by atoms with van der Waals surface area (Å²) in [4.78, 5) is 67.1. The van der Waals surface area contributed by atoms with E-state index in [2.05, 4.69) is 9.97 Å². The van der Waals surface area contributed by atoms with Crippen LogP contribution in [0.5, 0.6) is 0 Å². The number of nitrogens with one attached hydrogen (secondary N) is 2. The SMILES string of the molecule is COC(=O)CCc1cccc(C2(C)CCCC(C)(C)CS(=O)(=O)CCc3c(c(F)cc4[nH]ccc34)C(=O)c3ccc(F)c(c3)-c3nc2nn3C)c1.Cn1nc2nc1-c1cc(ccc1F)C(=O)c1c(F)cc3[nH]ccc3c1CCS(=O)(=O)CC(C)(C)CCCC2(C)c1cccc(CCC(=O)O)c1. The van der Waals surface area contributed by atoms with Gasteiger partial charge in [0.2, 0.25) is 0 Å². The highest BCUT2D eigenvalue weighted by atomic mass is 32.2. The normalized spacial score (nSPS) is 19.3. The van der Waals surface area contributed by atoms with E-state index in [1.54, 1.807) is 38.6 Å². The Kier molecular flexibility index (Phi) is 20.6. The lowest BCUT2D eigenvalue weighted by Crippen LogP contribution is -2.29. The van der Waals surface area contributed by atoms with Crippen LogP contribution in [0.3, 0.4) is 0 Å². The van der Waals surface area contributed by atoms with Crippen molar-refractivity contribution in [3.8, 4) is 22.8 Å². The lowest BCUT2D eigenvalue weighted by molar-refractivity contribution is -0.140. The summed E-state index contributed by atoms with van der Waals surface area (Å²) in [6.07, 6.45) is 7.43. The molecule has 2 atom stereocenters. The molecule has 3 N–H and O–H groups in total. The van der Waals surface area contributed by atoms with Gasteiger partial charge < -0.3 is 19.8 Å². The lowest BCUT2D eigenvalue weighted by atomic mass is 9.75. The minimum atomic E-state index is -3.66. The van der Waals surface area contributed by atoms with Crippen LogP contribution in [0.2, 0.25) is 0 Å². The summed E-state index contributed by atoms with van der Waals surface area (Å²) in [6, 6.07) is 28.8. The summed E-state index contributed by atoms with van der Waals surface area (Å²) in [5.74, 6) is -5.09. The van der Waals surface area contributed by atoms with E-state index < -0.39 is 82.1 Å². The number of ketones is 2. The Hall–Kier alpha value is -9.42. The molecule has 18 nitrogen and oxygen atoms in total. The fourth-order valence-corrected chi connectivity index (χ4v) is 18.5. The largest absolute Gasteiger partial charge is 0.481 e. The lowest BCUT2D eigenvalue weighted by Gasteiger charge is -2.30. The summed E-state index contributed by atoms with van der Waals surface area (Å²) in [5, 5.41) is 19.9. The topological polar surface area (TPSA) is 259 Å². The first-order valence-corrected chi connectivity index (χ1v) is 37.3. The first-order valence-electron chi connectivity index (χ1n) is 33.7. The van der Waals surface area contributed by atoms with Gasteiger partial charge in [-0.25, -0.2) is 53.7 Å². The van der Waals surface area contributed by atoms with Crippen LogP contribution in [-0.4, -0.2) is 115 Å². The molecule has 2 unspecified atom stereocenters. The zero-order valence-corrected chi connectivity index (χ0v) is 59.6. The number of carbonyl (C=O) groups is 4. The van der Waals surface area contributed by atoms with Crippen LogP contribution in [0, 0.1) is 34.1 Å². The van der Waals surface area contributed by atoms with Gasteiger partial charge >= 0.3 is 11.9 Å². The maximum absolute atomic E-state index is 15.8. The molecule has 0 saturated carbocycles. The maximum Gasteiger partial charge on any atom is 0.305 e. The monoisotopic (exact) mass is 1420 g/mol. The number of fused-ring (bicyclic) bond motifs is 16. The van der Waals surface area contributed by atoms with Gasteiger partial charge in [0.1, 0.15) is 23.3 Å². The molecule has 0 radical (unpaired) electrons. The van der Waals surface area contributed by atoms with Crippen LogP contribution in [0.15, 0.2) is 122 Å². The molecule has 8 bridgehead atoms. The van der Waals surface area contributed by atoms with Crippen molar-refractivity contribution in [1.29, 1.82) is 0 Å². The van der Waals surface area contributed by atoms with Gasteiger partial charge in [-0.2, -0.15) is 10.2 Å². The first kappa shape index (κ1) is 72.8. The summed E-state index contributed by atoms with van der Waals surface area (Å²) in [6.45, 7) is 11.6. The molecule has 2 aliphatic heterocycles. The molecule has 0 amide bonds. The predicted octanol–water partition coefficient (Wildman–Crippen LogP) is 14.0. The quantitative estimate of drug-likeness (QED) is 0.0944. The minimum Gasteiger partial charge on any atom is -0.481 e. The van der Waals surface area contributed by atoms with Crippen molar-refractivity contribution >= 4 is 65.0 Å². The van der Waals surface area contributed by atoms with E-state index in [0.717, 1.165) is 34.4 Å². The van der Waals surface area contributed by atoms with E-state index >= 15 is 17.6 Å². The van der Waals surface area contributed by atoms with Gasteiger partial charge in [0.15, 0.2) is 54.5 Å². The molecule has 0 aliphatic carbocycles. The van der Waals surface area contributed by atoms with Crippen LogP contribution in [-0.2, 0) is 84.6 Å². The molecule has 101 heavy (non-hydrogen) atoms. The van der Waals surface area contributed by atoms with Crippen LogP contribution >= 0.6 is 0 Å². The third kappa shape index (κ3) is 15.7. The molecule has 6 heterocycles. The number of aliphatic carboxylic acids is 1. The summed E-state index contributed by atoms with van der Waals surface area (Å²) in [7, 11) is -2.67. The van der Waals surface area contributed by atoms with Crippen LogP contribution in [0.1, 0.15) is 170 Å². The molecular weight excluding hydrogens is 1340 g/mol. The Morgan fingerprint density at radius 3 is 1.38 bits per heavy atom. The second-order valence-corrected chi connectivity index (χ2v) is 33.2. The van der Waals surface area contributed by atoms with E-state index in [4.69, 9.17) is 24.9 Å². The Morgan fingerprint density at radius 1 is 0.554 bits per heavy atom. The number of hydrogen-bond acceptors (Lipinski definition) is 13. The van der Waals surface area contributed by atoms with Gasteiger partial charge in [-0.15, -0.1) is 0 Å². The maximum atomic E-state index is 15.8. The second-order valence-electron chi connectivity index (χ2n) is 28.9. The number of carboxylic acid groups (broad SMARTS) is 1. The number of hydrogen-bond donors (Lipinski definition) is 3. The molecular formula is C77H82F4N8O10S2. The van der Waals surface area contributed by atoms with Gasteiger partial charge in [-0.3, -0.25) is 19.2 Å². The smallest absolute Gasteiger partial charge is 0.305 e. The third-order valence-corrected chi connectivity index (χ3v) is 24.0. The number of halogens is 4. The van der Waals surface area contributed by atoms with Crippen molar-refractivity contribution in [2.45, 2.75) is 129 Å². The molecule has 0 fully saturated rings. The predicted molar refractivity (Wildman–Crippen MR) is 378 cm³/mol. The Morgan fingerprint density at radius 2 is 0.970 bits per heavy atom. The number of aromatic amines is 2. The van der Waals surface area contributed by atoms with Crippen molar-refractivity contribution in [2.24, 2.45) is 24.9 Å². The zero-order valence-electron chi connectivity index (χ0n) is 58.0. The number of ether oxygens (including phenoxy) is 1. The number of esters is 1. The highest BCUT2D eigenvalue weighted by molar-refractivity contribution is 7.91. The number of carbonyl (C=O) groups excluding carboxylic acids is 3. The number of H-pyrrole nitrogens is 2. The zero-order chi connectivity index (χ0) is 72.7. The van der Waals surface area contributed by atoms with E-state index in [1.807, 2.05) is 90.1 Å².